The molecule has 0 spiro atoms. The fourth-order valence-corrected chi connectivity index (χ4v) is 5.23. The minimum Gasteiger partial charge on any atom is -0.480 e. The van der Waals surface area contributed by atoms with Crippen molar-refractivity contribution in [1.82, 2.24) is 4.90 Å². The summed E-state index contributed by atoms with van der Waals surface area (Å²) in [5, 5.41) is 19.2. The molecule has 0 aromatic heterocycles. The third-order valence-electron chi connectivity index (χ3n) is 5.20. The number of sulfone groups is 1. The molecule has 1 aliphatic heterocycles. The Kier molecular flexibility index (Phi) is 5.74. The van der Waals surface area contributed by atoms with E-state index in [0.717, 1.165) is 0 Å². The fraction of sp³-hybridized carbons (Fsp3) is 0.300. The molecule has 0 aliphatic carbocycles. The summed E-state index contributed by atoms with van der Waals surface area (Å²) in [4.78, 5) is 25.0. The predicted octanol–water partition coefficient (Wildman–Crippen LogP) is 1.14. The number of carbonyl (C=O) groups is 2. The first-order chi connectivity index (χ1) is 13.6. The van der Waals surface area contributed by atoms with Crippen LogP contribution in [0.5, 0.6) is 0 Å². The molecule has 0 saturated carbocycles. The highest BCUT2D eigenvalue weighted by molar-refractivity contribution is 7.91. The topological polar surface area (TPSA) is 138 Å². The SMILES string of the molecule is NC1(C(=O)O)CC(C(=O)O)N(C(CS(=O)(=O)c2ccccc2)c2ccccc2)C1. The monoisotopic (exact) mass is 418 g/mol. The van der Waals surface area contributed by atoms with E-state index >= 15 is 0 Å². The summed E-state index contributed by atoms with van der Waals surface area (Å²) in [5.41, 5.74) is 4.76. The molecule has 3 atom stereocenters. The normalized spacial score (nSPS) is 23.6. The summed E-state index contributed by atoms with van der Waals surface area (Å²) in [5.74, 6) is -2.96. The molecule has 3 unspecified atom stereocenters. The van der Waals surface area contributed by atoms with Crippen molar-refractivity contribution in [2.75, 3.05) is 12.3 Å². The van der Waals surface area contributed by atoms with Crippen molar-refractivity contribution in [3.05, 3.63) is 66.2 Å². The van der Waals surface area contributed by atoms with Crippen LogP contribution in [0.15, 0.2) is 65.6 Å². The smallest absolute Gasteiger partial charge is 0.325 e. The summed E-state index contributed by atoms with van der Waals surface area (Å²) in [7, 11) is -3.77. The van der Waals surface area contributed by atoms with Crippen molar-refractivity contribution in [3.63, 3.8) is 0 Å². The maximum atomic E-state index is 13.0. The maximum absolute atomic E-state index is 13.0. The number of hydrogen-bond donors (Lipinski definition) is 3. The molecule has 2 aromatic rings. The summed E-state index contributed by atoms with van der Waals surface area (Å²) in [6.07, 6.45) is -0.313. The van der Waals surface area contributed by atoms with Gasteiger partial charge in [0.25, 0.3) is 0 Å². The molecule has 9 heteroatoms. The van der Waals surface area contributed by atoms with E-state index in [4.69, 9.17) is 5.73 Å². The van der Waals surface area contributed by atoms with Crippen LogP contribution in [-0.4, -0.2) is 59.3 Å². The quantitative estimate of drug-likeness (QED) is 0.609. The summed E-state index contributed by atoms with van der Waals surface area (Å²) in [6, 6.07) is 14.4. The Bertz CT molecular complexity index is 996. The van der Waals surface area contributed by atoms with Crippen molar-refractivity contribution in [2.45, 2.75) is 28.9 Å². The van der Waals surface area contributed by atoms with Gasteiger partial charge in [-0.15, -0.1) is 0 Å². The standard InChI is InChI=1S/C20H22N2O6S/c21-20(19(25)26)11-16(18(23)24)22(13-20)17(14-7-3-1-4-8-14)12-29(27,28)15-9-5-2-6-10-15/h1-10,16-17H,11-13,21H2,(H,23,24)(H,25,26). The lowest BCUT2D eigenvalue weighted by Crippen LogP contribution is -2.50. The van der Waals surface area contributed by atoms with Gasteiger partial charge in [-0.25, -0.2) is 8.42 Å². The van der Waals surface area contributed by atoms with E-state index in [1.54, 1.807) is 48.5 Å². The van der Waals surface area contributed by atoms with Gasteiger partial charge in [-0.1, -0.05) is 48.5 Å². The van der Waals surface area contributed by atoms with Gasteiger partial charge in [0.05, 0.1) is 16.7 Å². The molecule has 1 fully saturated rings. The van der Waals surface area contributed by atoms with Crippen LogP contribution in [0.1, 0.15) is 18.0 Å². The highest BCUT2D eigenvalue weighted by Gasteiger charge is 2.52. The molecule has 0 amide bonds. The van der Waals surface area contributed by atoms with Crippen molar-refractivity contribution in [2.24, 2.45) is 5.73 Å². The fourth-order valence-electron chi connectivity index (χ4n) is 3.66. The molecule has 1 heterocycles. The van der Waals surface area contributed by atoms with Gasteiger partial charge in [0.1, 0.15) is 11.6 Å². The van der Waals surface area contributed by atoms with Crippen LogP contribution in [0.2, 0.25) is 0 Å². The van der Waals surface area contributed by atoms with E-state index in [1.165, 1.54) is 17.0 Å². The van der Waals surface area contributed by atoms with Gasteiger partial charge in [0, 0.05) is 13.0 Å². The number of nitrogens with zero attached hydrogens (tertiary/aromatic N) is 1. The minimum absolute atomic E-state index is 0.115. The second-order valence-corrected chi connectivity index (χ2v) is 9.25. The predicted molar refractivity (Wildman–Crippen MR) is 105 cm³/mol. The van der Waals surface area contributed by atoms with E-state index < -0.39 is 45.2 Å². The molecule has 3 rings (SSSR count). The lowest BCUT2D eigenvalue weighted by Gasteiger charge is -2.31. The Morgan fingerprint density at radius 3 is 2.14 bits per heavy atom. The summed E-state index contributed by atoms with van der Waals surface area (Å²) >= 11 is 0. The minimum atomic E-state index is -3.77. The van der Waals surface area contributed by atoms with Crippen molar-refractivity contribution >= 4 is 21.8 Å². The van der Waals surface area contributed by atoms with Gasteiger partial charge in [-0.05, 0) is 17.7 Å². The van der Waals surface area contributed by atoms with Crippen LogP contribution in [-0.2, 0) is 19.4 Å². The molecule has 1 saturated heterocycles. The lowest BCUT2D eigenvalue weighted by atomic mass is 9.98. The highest BCUT2D eigenvalue weighted by Crippen LogP contribution is 2.35. The Labute approximate surface area is 168 Å². The Hall–Kier alpha value is -2.75. The van der Waals surface area contributed by atoms with Crippen molar-refractivity contribution in [3.8, 4) is 0 Å². The van der Waals surface area contributed by atoms with Gasteiger partial charge in [-0.2, -0.15) is 0 Å². The molecular formula is C20H22N2O6S. The van der Waals surface area contributed by atoms with Crippen LogP contribution in [0, 0.1) is 0 Å². The van der Waals surface area contributed by atoms with Crippen LogP contribution in [0.3, 0.4) is 0 Å². The zero-order valence-corrected chi connectivity index (χ0v) is 16.3. The summed E-state index contributed by atoms with van der Waals surface area (Å²) in [6.45, 7) is -0.275. The van der Waals surface area contributed by atoms with Crippen LogP contribution in [0.4, 0.5) is 0 Å². The average Bonchev–Trinajstić information content (AvgIpc) is 3.07. The van der Waals surface area contributed by atoms with E-state index in [1.807, 2.05) is 0 Å². The third-order valence-corrected chi connectivity index (χ3v) is 6.94. The van der Waals surface area contributed by atoms with E-state index in [0.29, 0.717) is 5.56 Å². The Balaban J connectivity index is 2.04. The van der Waals surface area contributed by atoms with Gasteiger partial charge in [-0.3, -0.25) is 14.5 Å². The number of carboxylic acids is 2. The number of rotatable bonds is 7. The van der Waals surface area contributed by atoms with Gasteiger partial charge >= 0.3 is 11.9 Å². The number of carboxylic acid groups (broad SMARTS) is 2. The highest BCUT2D eigenvalue weighted by atomic mass is 32.2. The first kappa shape index (κ1) is 21.0. The van der Waals surface area contributed by atoms with Gasteiger partial charge in [0.2, 0.25) is 0 Å². The molecular weight excluding hydrogens is 396 g/mol. The van der Waals surface area contributed by atoms with E-state index in [-0.39, 0.29) is 17.9 Å². The largest absolute Gasteiger partial charge is 0.480 e. The molecule has 0 bridgehead atoms. The molecule has 2 aromatic carbocycles. The van der Waals surface area contributed by atoms with Crippen molar-refractivity contribution in [1.29, 1.82) is 0 Å². The number of nitrogens with two attached hydrogens (primary N) is 1. The molecule has 4 N–H and O–H groups in total. The zero-order chi connectivity index (χ0) is 21.2. The molecule has 0 radical (unpaired) electrons. The van der Waals surface area contributed by atoms with Crippen LogP contribution >= 0.6 is 0 Å². The van der Waals surface area contributed by atoms with Crippen LogP contribution < -0.4 is 5.73 Å². The number of aliphatic carboxylic acids is 2. The Morgan fingerprint density at radius 1 is 1.07 bits per heavy atom. The number of benzene rings is 2. The average molecular weight is 418 g/mol. The second-order valence-electron chi connectivity index (χ2n) is 7.21. The lowest BCUT2D eigenvalue weighted by molar-refractivity contribution is -0.143. The molecule has 1 aliphatic rings. The summed E-state index contributed by atoms with van der Waals surface area (Å²) < 4.78 is 26.0. The molecule has 154 valence electrons. The third kappa shape index (κ3) is 4.31. The first-order valence-corrected chi connectivity index (χ1v) is 10.6. The second kappa shape index (κ2) is 7.94. The Morgan fingerprint density at radius 2 is 1.62 bits per heavy atom. The zero-order valence-electron chi connectivity index (χ0n) is 15.5. The van der Waals surface area contributed by atoms with Gasteiger partial charge < -0.3 is 15.9 Å². The molecule has 29 heavy (non-hydrogen) atoms. The first-order valence-electron chi connectivity index (χ1n) is 8.98. The van der Waals surface area contributed by atoms with E-state index in [9.17, 15) is 28.2 Å². The maximum Gasteiger partial charge on any atom is 0.325 e. The van der Waals surface area contributed by atoms with Gasteiger partial charge in [0.15, 0.2) is 9.84 Å². The number of likely N-dealkylation sites (tertiary alicyclic amines) is 1. The number of hydrogen-bond acceptors (Lipinski definition) is 6. The molecule has 8 nitrogen and oxygen atoms in total. The van der Waals surface area contributed by atoms with Crippen molar-refractivity contribution < 1.29 is 28.2 Å². The van der Waals surface area contributed by atoms with E-state index in [2.05, 4.69) is 0 Å². The van der Waals surface area contributed by atoms with Crippen LogP contribution in [0.25, 0.3) is 0 Å².